The van der Waals surface area contributed by atoms with Crippen LogP contribution in [0.1, 0.15) is 31.2 Å². The number of likely N-dealkylation sites (tertiary alicyclic amines) is 1. The highest BCUT2D eigenvalue weighted by Gasteiger charge is 2.29. The van der Waals surface area contributed by atoms with Crippen molar-refractivity contribution in [3.05, 3.63) is 48.4 Å². The van der Waals surface area contributed by atoms with E-state index in [1.165, 1.54) is 22.4 Å². The molecule has 0 aliphatic carbocycles. The highest BCUT2D eigenvalue weighted by Crippen LogP contribution is 2.19. The third-order valence-corrected chi connectivity index (χ3v) is 7.59. The zero-order valence-electron chi connectivity index (χ0n) is 17.1. The van der Waals surface area contributed by atoms with Gasteiger partial charge in [-0.3, -0.25) is 9.69 Å². The number of nitrogens with zero attached hydrogens (tertiary/aromatic N) is 4. The summed E-state index contributed by atoms with van der Waals surface area (Å²) in [5, 5.41) is 3.10. The largest absolute Gasteiger partial charge is 0.352 e. The normalized spacial score (nSPS) is 19.2. The molecule has 2 aliphatic heterocycles. The van der Waals surface area contributed by atoms with E-state index in [0.717, 1.165) is 45.3 Å². The Kier molecular flexibility index (Phi) is 6.50. The van der Waals surface area contributed by atoms with E-state index in [1.54, 1.807) is 4.57 Å². The zero-order valence-corrected chi connectivity index (χ0v) is 17.9. The molecule has 9 heteroatoms. The molecular formula is C21H29N5O3S. The van der Waals surface area contributed by atoms with Crippen molar-refractivity contribution >= 4 is 15.9 Å². The van der Waals surface area contributed by atoms with Gasteiger partial charge in [0.25, 0.3) is 10.0 Å². The third kappa shape index (κ3) is 5.08. The molecule has 0 bridgehead atoms. The number of imidazole rings is 1. The fourth-order valence-electron chi connectivity index (χ4n) is 4.14. The third-order valence-electron chi connectivity index (χ3n) is 5.81. The highest BCUT2D eigenvalue weighted by molar-refractivity contribution is 7.89. The first-order valence-corrected chi connectivity index (χ1v) is 12.0. The molecule has 30 heavy (non-hydrogen) atoms. The van der Waals surface area contributed by atoms with Crippen LogP contribution in [0.15, 0.2) is 47.9 Å². The summed E-state index contributed by atoms with van der Waals surface area (Å²) in [5.74, 6) is -0.112. The minimum atomic E-state index is -3.55. The summed E-state index contributed by atoms with van der Waals surface area (Å²) in [6.07, 6.45) is 6.47. The van der Waals surface area contributed by atoms with Gasteiger partial charge in [0.15, 0.2) is 5.03 Å². The van der Waals surface area contributed by atoms with Gasteiger partial charge in [0.05, 0.1) is 6.33 Å². The van der Waals surface area contributed by atoms with Gasteiger partial charge >= 0.3 is 0 Å². The Morgan fingerprint density at radius 1 is 1.07 bits per heavy atom. The van der Waals surface area contributed by atoms with Crippen LogP contribution < -0.4 is 5.32 Å². The number of hydrogen-bond acceptors (Lipinski definition) is 5. The van der Waals surface area contributed by atoms with Crippen molar-refractivity contribution in [3.8, 4) is 0 Å². The number of rotatable bonds is 7. The molecule has 2 fully saturated rings. The van der Waals surface area contributed by atoms with E-state index in [4.69, 9.17) is 0 Å². The summed E-state index contributed by atoms with van der Waals surface area (Å²) < 4.78 is 28.1. The van der Waals surface area contributed by atoms with E-state index >= 15 is 0 Å². The molecule has 0 saturated carbocycles. The molecule has 1 aromatic heterocycles. The van der Waals surface area contributed by atoms with Crippen LogP contribution in [0.3, 0.4) is 0 Å². The van der Waals surface area contributed by atoms with Crippen molar-refractivity contribution in [1.29, 1.82) is 0 Å². The van der Waals surface area contributed by atoms with Crippen LogP contribution in [-0.2, 0) is 27.9 Å². The second kappa shape index (κ2) is 9.28. The van der Waals surface area contributed by atoms with E-state index in [-0.39, 0.29) is 23.5 Å². The average molecular weight is 432 g/mol. The molecule has 2 aliphatic rings. The number of hydrogen-bond donors (Lipinski definition) is 1. The molecule has 0 spiro atoms. The second-order valence-electron chi connectivity index (χ2n) is 8.10. The number of sulfonamides is 1. The Morgan fingerprint density at radius 3 is 2.47 bits per heavy atom. The van der Waals surface area contributed by atoms with E-state index in [0.29, 0.717) is 13.1 Å². The fraction of sp³-hybridized carbons (Fsp3) is 0.524. The molecule has 3 heterocycles. The second-order valence-corrected chi connectivity index (χ2v) is 9.98. The van der Waals surface area contributed by atoms with Gasteiger partial charge < -0.3 is 9.88 Å². The van der Waals surface area contributed by atoms with Crippen LogP contribution in [0.5, 0.6) is 0 Å². The van der Waals surface area contributed by atoms with Gasteiger partial charge in [0.1, 0.15) is 6.54 Å². The Bertz CT molecular complexity index is 946. The maximum absolute atomic E-state index is 12.6. The van der Waals surface area contributed by atoms with Crippen LogP contribution in [0, 0.1) is 0 Å². The summed E-state index contributed by atoms with van der Waals surface area (Å²) in [4.78, 5) is 18.9. The maximum atomic E-state index is 12.6. The molecule has 2 saturated heterocycles. The lowest BCUT2D eigenvalue weighted by molar-refractivity contribution is -0.122. The SMILES string of the molecule is O=C(Cn1cnc(S(=O)(=O)N2CCCC2)c1)NC1CCN(Cc2ccccc2)CC1. The lowest BCUT2D eigenvalue weighted by Crippen LogP contribution is -2.45. The maximum Gasteiger partial charge on any atom is 0.262 e. The predicted octanol–water partition coefficient (Wildman–Crippen LogP) is 1.45. The first-order valence-electron chi connectivity index (χ1n) is 10.6. The van der Waals surface area contributed by atoms with Crippen LogP contribution >= 0.6 is 0 Å². The molecule has 8 nitrogen and oxygen atoms in total. The molecule has 0 unspecified atom stereocenters. The van der Waals surface area contributed by atoms with Gasteiger partial charge in [-0.1, -0.05) is 30.3 Å². The van der Waals surface area contributed by atoms with Crippen molar-refractivity contribution in [3.63, 3.8) is 0 Å². The Balaban J connectivity index is 1.24. The molecule has 1 aromatic carbocycles. The quantitative estimate of drug-likeness (QED) is 0.717. The highest BCUT2D eigenvalue weighted by atomic mass is 32.2. The number of aromatic nitrogens is 2. The first-order chi connectivity index (χ1) is 14.5. The van der Waals surface area contributed by atoms with Gasteiger partial charge in [0.2, 0.25) is 5.91 Å². The smallest absolute Gasteiger partial charge is 0.262 e. The average Bonchev–Trinajstić information content (AvgIpc) is 3.43. The van der Waals surface area contributed by atoms with Gasteiger partial charge in [-0.2, -0.15) is 4.31 Å². The monoisotopic (exact) mass is 431 g/mol. The number of carbonyl (C=O) groups is 1. The summed E-state index contributed by atoms with van der Waals surface area (Å²) >= 11 is 0. The van der Waals surface area contributed by atoms with Gasteiger partial charge in [0, 0.05) is 45.0 Å². The lowest BCUT2D eigenvalue weighted by Gasteiger charge is -2.32. The van der Waals surface area contributed by atoms with Crippen LogP contribution in [0.4, 0.5) is 0 Å². The van der Waals surface area contributed by atoms with Gasteiger partial charge in [-0.05, 0) is 31.2 Å². The number of carbonyl (C=O) groups excluding carboxylic acids is 1. The Morgan fingerprint density at radius 2 is 1.77 bits per heavy atom. The minimum absolute atomic E-state index is 0.0198. The van der Waals surface area contributed by atoms with Crippen LogP contribution in [-0.4, -0.2) is 65.3 Å². The van der Waals surface area contributed by atoms with E-state index in [9.17, 15) is 13.2 Å². The zero-order chi connectivity index (χ0) is 21.0. The Hall–Kier alpha value is -2.23. The van der Waals surface area contributed by atoms with Crippen LogP contribution in [0.25, 0.3) is 0 Å². The molecule has 4 rings (SSSR count). The molecule has 1 amide bonds. The van der Waals surface area contributed by atoms with Crippen molar-refractivity contribution in [2.24, 2.45) is 0 Å². The van der Waals surface area contributed by atoms with Crippen molar-refractivity contribution in [2.75, 3.05) is 26.2 Å². The van der Waals surface area contributed by atoms with Crippen molar-refractivity contribution in [2.45, 2.75) is 49.8 Å². The topological polar surface area (TPSA) is 87.5 Å². The molecule has 162 valence electrons. The van der Waals surface area contributed by atoms with E-state index < -0.39 is 10.0 Å². The number of benzene rings is 1. The molecule has 2 aromatic rings. The van der Waals surface area contributed by atoms with Crippen molar-refractivity contribution < 1.29 is 13.2 Å². The van der Waals surface area contributed by atoms with E-state index in [1.807, 2.05) is 6.07 Å². The van der Waals surface area contributed by atoms with Gasteiger partial charge in [-0.15, -0.1) is 0 Å². The summed E-state index contributed by atoms with van der Waals surface area (Å²) in [7, 11) is -3.55. The predicted molar refractivity (Wildman–Crippen MR) is 113 cm³/mol. The first kappa shape index (κ1) is 21.0. The summed E-state index contributed by atoms with van der Waals surface area (Å²) in [6.45, 7) is 3.99. The molecule has 0 radical (unpaired) electrons. The number of piperidine rings is 1. The van der Waals surface area contributed by atoms with Crippen molar-refractivity contribution in [1.82, 2.24) is 24.1 Å². The van der Waals surface area contributed by atoms with Crippen LogP contribution in [0.2, 0.25) is 0 Å². The standard InChI is InChI=1S/C21H29N5O3S/c27-20(15-25-16-21(22-17-25)30(28,29)26-10-4-5-11-26)23-19-8-12-24(13-9-19)14-18-6-2-1-3-7-18/h1-3,6-7,16-17,19H,4-5,8-15H2,(H,23,27). The number of amides is 1. The molecular weight excluding hydrogens is 402 g/mol. The Labute approximate surface area is 177 Å². The lowest BCUT2D eigenvalue weighted by atomic mass is 10.0. The summed E-state index contributed by atoms with van der Waals surface area (Å²) in [5.41, 5.74) is 1.31. The van der Waals surface area contributed by atoms with Gasteiger partial charge in [-0.25, -0.2) is 13.4 Å². The minimum Gasteiger partial charge on any atom is -0.352 e. The summed E-state index contributed by atoms with van der Waals surface area (Å²) in [6, 6.07) is 10.6. The molecule has 1 N–H and O–H groups in total. The molecule has 0 atom stereocenters. The van der Waals surface area contributed by atoms with E-state index in [2.05, 4.69) is 39.5 Å². The fourth-order valence-corrected chi connectivity index (χ4v) is 5.59. The number of nitrogens with one attached hydrogen (secondary N) is 1.